The Morgan fingerprint density at radius 1 is 1.70 bits per heavy atom. The summed E-state index contributed by atoms with van der Waals surface area (Å²) in [6.45, 7) is 2.10. The van der Waals surface area contributed by atoms with Crippen LogP contribution in [0.25, 0.3) is 0 Å². The van der Waals surface area contributed by atoms with Crippen molar-refractivity contribution in [3.8, 4) is 0 Å². The number of carbonyl (C=O) groups is 1. The maximum Gasteiger partial charge on any atom is 0.163 e. The first-order valence-corrected chi connectivity index (χ1v) is 4.61. The zero-order valence-corrected chi connectivity index (χ0v) is 7.03. The molecular weight excluding hydrogens is 143 g/mol. The molecule has 54 valence electrons. The Balaban J connectivity index is 2.61. The van der Waals surface area contributed by atoms with Crippen LogP contribution in [0.3, 0.4) is 0 Å². The van der Waals surface area contributed by atoms with Gasteiger partial charge in [0, 0.05) is 6.42 Å². The van der Waals surface area contributed by atoms with E-state index in [1.54, 1.807) is 0 Å². The Labute approximate surface area is 62.9 Å². The second kappa shape index (κ2) is 3.68. The SMILES string of the molecule is CCCC1=CP=CCC1=O. The molecule has 0 amide bonds. The average molecular weight is 154 g/mol. The molecular formula is C8H11OP. The van der Waals surface area contributed by atoms with Crippen LogP contribution in [-0.4, -0.2) is 11.6 Å². The smallest absolute Gasteiger partial charge is 0.163 e. The first-order chi connectivity index (χ1) is 4.84. The second-order valence-corrected chi connectivity index (χ2v) is 3.28. The van der Waals surface area contributed by atoms with Gasteiger partial charge >= 0.3 is 0 Å². The highest BCUT2D eigenvalue weighted by atomic mass is 31.1. The number of Topliss-reactive ketones (excluding diaryl/α,β-unsaturated/α-hetero) is 1. The molecule has 0 bridgehead atoms. The Bertz CT molecular complexity index is 191. The van der Waals surface area contributed by atoms with E-state index in [-0.39, 0.29) is 0 Å². The van der Waals surface area contributed by atoms with Crippen LogP contribution < -0.4 is 0 Å². The van der Waals surface area contributed by atoms with E-state index in [1.807, 2.05) is 11.6 Å². The summed E-state index contributed by atoms with van der Waals surface area (Å²) >= 11 is 0. The van der Waals surface area contributed by atoms with E-state index in [0.717, 1.165) is 18.4 Å². The van der Waals surface area contributed by atoms with Crippen LogP contribution in [0.2, 0.25) is 0 Å². The molecule has 0 fully saturated rings. The van der Waals surface area contributed by atoms with Crippen LogP contribution >= 0.6 is 8.20 Å². The lowest BCUT2D eigenvalue weighted by Crippen LogP contribution is -2.03. The lowest BCUT2D eigenvalue weighted by Gasteiger charge is -2.04. The molecule has 1 heterocycles. The topological polar surface area (TPSA) is 17.1 Å². The normalized spacial score (nSPS) is 18.9. The Kier molecular flexibility index (Phi) is 2.82. The van der Waals surface area contributed by atoms with Gasteiger partial charge in [0.2, 0.25) is 0 Å². The molecule has 1 nitrogen and oxygen atoms in total. The molecule has 10 heavy (non-hydrogen) atoms. The maximum atomic E-state index is 11.1. The van der Waals surface area contributed by atoms with Crippen LogP contribution in [0.4, 0.5) is 0 Å². The largest absolute Gasteiger partial charge is 0.294 e. The van der Waals surface area contributed by atoms with E-state index < -0.39 is 0 Å². The minimum atomic E-state index is 0.320. The molecule has 0 unspecified atom stereocenters. The summed E-state index contributed by atoms with van der Waals surface area (Å²) in [7, 11) is 1.20. The molecule has 0 saturated heterocycles. The van der Waals surface area contributed by atoms with Crippen LogP contribution in [0.15, 0.2) is 11.4 Å². The van der Waals surface area contributed by atoms with E-state index in [0.29, 0.717) is 12.2 Å². The molecule has 1 rings (SSSR count). The van der Waals surface area contributed by atoms with Gasteiger partial charge in [-0.15, -0.1) is 0 Å². The van der Waals surface area contributed by atoms with Crippen molar-refractivity contribution < 1.29 is 4.79 Å². The summed E-state index contributed by atoms with van der Waals surface area (Å²) in [5.74, 6) is 4.34. The van der Waals surface area contributed by atoms with Crippen molar-refractivity contribution in [3.63, 3.8) is 0 Å². The number of carbonyl (C=O) groups excluding carboxylic acids is 1. The fourth-order valence-corrected chi connectivity index (χ4v) is 1.78. The number of rotatable bonds is 2. The fraction of sp³-hybridized carbons (Fsp3) is 0.500. The van der Waals surface area contributed by atoms with Gasteiger partial charge in [0.1, 0.15) is 0 Å². The fourth-order valence-electron chi connectivity index (χ4n) is 0.955. The van der Waals surface area contributed by atoms with Crippen molar-refractivity contribution in [2.75, 3.05) is 0 Å². The maximum absolute atomic E-state index is 11.1. The van der Waals surface area contributed by atoms with Gasteiger partial charge in [-0.3, -0.25) is 4.79 Å². The van der Waals surface area contributed by atoms with Gasteiger partial charge in [-0.2, -0.15) is 0 Å². The van der Waals surface area contributed by atoms with Gasteiger partial charge in [0.15, 0.2) is 5.78 Å². The summed E-state index contributed by atoms with van der Waals surface area (Å²) in [5.41, 5.74) is 1.03. The van der Waals surface area contributed by atoms with Crippen molar-refractivity contribution in [1.82, 2.24) is 0 Å². The number of allylic oxidation sites excluding steroid dienone is 1. The van der Waals surface area contributed by atoms with E-state index in [9.17, 15) is 4.79 Å². The summed E-state index contributed by atoms with van der Waals surface area (Å²) < 4.78 is 0. The first kappa shape index (κ1) is 7.68. The standard InChI is InChI=1S/C8H11OP/c1-2-3-7-6-10-5-4-8(7)9/h5-6H,2-4H2,1H3. The van der Waals surface area contributed by atoms with Gasteiger partial charge in [0.25, 0.3) is 0 Å². The third-order valence-corrected chi connectivity index (χ3v) is 2.34. The first-order valence-electron chi connectivity index (χ1n) is 3.58. The molecule has 0 spiro atoms. The van der Waals surface area contributed by atoms with E-state index >= 15 is 0 Å². The molecule has 0 aromatic rings. The Hall–Kier alpha value is -0.420. The van der Waals surface area contributed by atoms with E-state index in [2.05, 4.69) is 6.92 Å². The van der Waals surface area contributed by atoms with Crippen molar-refractivity contribution in [2.24, 2.45) is 0 Å². The monoisotopic (exact) mass is 154 g/mol. The molecule has 0 N–H and O–H groups in total. The Morgan fingerprint density at radius 2 is 2.50 bits per heavy atom. The molecule has 1 aliphatic rings. The molecule has 1 aliphatic heterocycles. The summed E-state index contributed by atoms with van der Waals surface area (Å²) in [6, 6.07) is 0. The third kappa shape index (κ3) is 1.78. The number of ketones is 1. The number of hydrogen-bond donors (Lipinski definition) is 0. The molecule has 2 heteroatoms. The third-order valence-electron chi connectivity index (χ3n) is 1.49. The quantitative estimate of drug-likeness (QED) is 0.558. The van der Waals surface area contributed by atoms with Crippen molar-refractivity contribution in [2.45, 2.75) is 26.2 Å². The van der Waals surface area contributed by atoms with E-state index in [1.165, 1.54) is 8.20 Å². The van der Waals surface area contributed by atoms with Gasteiger partial charge < -0.3 is 0 Å². The average Bonchev–Trinajstić information content (AvgIpc) is 1.94. The molecule has 0 saturated carbocycles. The van der Waals surface area contributed by atoms with Gasteiger partial charge in [0.05, 0.1) is 0 Å². The van der Waals surface area contributed by atoms with Crippen molar-refractivity contribution in [1.29, 1.82) is 0 Å². The zero-order chi connectivity index (χ0) is 7.40. The molecule has 0 radical (unpaired) electrons. The lowest BCUT2D eigenvalue weighted by molar-refractivity contribution is -0.114. The minimum Gasteiger partial charge on any atom is -0.294 e. The Morgan fingerprint density at radius 3 is 3.10 bits per heavy atom. The van der Waals surface area contributed by atoms with Gasteiger partial charge in [-0.1, -0.05) is 21.5 Å². The lowest BCUT2D eigenvalue weighted by atomic mass is 10.1. The van der Waals surface area contributed by atoms with Gasteiger partial charge in [-0.05, 0) is 23.6 Å². The predicted molar refractivity (Wildman–Crippen MR) is 45.6 cm³/mol. The highest BCUT2D eigenvalue weighted by molar-refractivity contribution is 7.42. The summed E-state index contributed by atoms with van der Waals surface area (Å²) in [6.07, 6.45) is 2.68. The van der Waals surface area contributed by atoms with Crippen molar-refractivity contribution in [3.05, 3.63) is 11.4 Å². The molecule has 0 aromatic heterocycles. The molecule has 0 aromatic carbocycles. The number of hydrogen-bond acceptors (Lipinski definition) is 1. The highest BCUT2D eigenvalue weighted by Crippen LogP contribution is 2.17. The van der Waals surface area contributed by atoms with Crippen LogP contribution in [0.1, 0.15) is 26.2 Å². The van der Waals surface area contributed by atoms with Crippen molar-refractivity contribution >= 4 is 19.8 Å². The molecule has 0 aliphatic carbocycles. The van der Waals surface area contributed by atoms with Gasteiger partial charge in [-0.25, -0.2) is 0 Å². The highest BCUT2D eigenvalue weighted by Gasteiger charge is 2.08. The van der Waals surface area contributed by atoms with Crippen LogP contribution in [0, 0.1) is 0 Å². The van der Waals surface area contributed by atoms with Crippen LogP contribution in [-0.2, 0) is 4.79 Å². The second-order valence-electron chi connectivity index (χ2n) is 2.36. The predicted octanol–water partition coefficient (Wildman–Crippen LogP) is 2.39. The zero-order valence-electron chi connectivity index (χ0n) is 6.13. The summed E-state index contributed by atoms with van der Waals surface area (Å²) in [5, 5.41) is 0. The molecule has 0 atom stereocenters. The minimum absolute atomic E-state index is 0.320. The van der Waals surface area contributed by atoms with E-state index in [4.69, 9.17) is 0 Å². The van der Waals surface area contributed by atoms with Crippen LogP contribution in [0.5, 0.6) is 0 Å². The summed E-state index contributed by atoms with van der Waals surface area (Å²) in [4.78, 5) is 11.1.